The molecule has 0 spiro atoms. The van der Waals surface area contributed by atoms with Gasteiger partial charge in [0, 0.05) is 49.5 Å². The summed E-state index contributed by atoms with van der Waals surface area (Å²) in [5.74, 6) is 1.80. The van der Waals surface area contributed by atoms with E-state index in [0.29, 0.717) is 19.1 Å². The molecule has 0 atom stereocenters. The Bertz CT molecular complexity index is 1100. The first kappa shape index (κ1) is 20.7. The topological polar surface area (TPSA) is 61.4 Å². The molecule has 2 aliphatic rings. The molecule has 1 aliphatic carbocycles. The Morgan fingerprint density at radius 2 is 1.69 bits per heavy atom. The average Bonchev–Trinajstić information content (AvgIpc) is 2.83. The minimum Gasteiger partial charge on any atom is -0.353 e. The lowest BCUT2D eigenvalue weighted by Gasteiger charge is -2.36. The molecule has 1 aromatic heterocycles. The Morgan fingerprint density at radius 3 is 2.50 bits per heavy atom. The van der Waals surface area contributed by atoms with Crippen molar-refractivity contribution in [3.8, 4) is 0 Å². The molecule has 6 heteroatoms. The molecule has 0 bridgehead atoms. The minimum atomic E-state index is 0.111. The van der Waals surface area contributed by atoms with Crippen LogP contribution in [0.2, 0.25) is 0 Å². The van der Waals surface area contributed by atoms with Crippen LogP contribution in [0.5, 0.6) is 0 Å². The largest absolute Gasteiger partial charge is 0.353 e. The molecule has 0 radical (unpaired) electrons. The van der Waals surface area contributed by atoms with Crippen molar-refractivity contribution in [1.82, 2.24) is 14.9 Å². The molecule has 6 nitrogen and oxygen atoms in total. The van der Waals surface area contributed by atoms with Crippen molar-refractivity contribution >= 4 is 28.4 Å². The molecule has 166 valence electrons. The van der Waals surface area contributed by atoms with E-state index in [-0.39, 0.29) is 5.91 Å². The lowest BCUT2D eigenvalue weighted by Crippen LogP contribution is -2.49. The Morgan fingerprint density at radius 1 is 0.938 bits per heavy atom. The number of aromatic nitrogens is 2. The number of benzene rings is 2. The Labute approximate surface area is 189 Å². The zero-order chi connectivity index (χ0) is 21.9. The molecule has 5 rings (SSSR count). The van der Waals surface area contributed by atoms with Gasteiger partial charge in [-0.05, 0) is 36.6 Å². The molecule has 1 saturated carbocycles. The van der Waals surface area contributed by atoms with Gasteiger partial charge in [0.1, 0.15) is 5.82 Å². The van der Waals surface area contributed by atoms with Gasteiger partial charge < -0.3 is 15.1 Å². The fourth-order valence-corrected chi connectivity index (χ4v) is 4.93. The number of rotatable bonds is 4. The van der Waals surface area contributed by atoms with E-state index in [1.54, 1.807) is 0 Å². The smallest absolute Gasteiger partial charge is 0.254 e. The second-order valence-corrected chi connectivity index (χ2v) is 8.98. The number of fused-ring (bicyclic) bond motifs is 1. The number of anilines is 2. The molecule has 1 aliphatic heterocycles. The van der Waals surface area contributed by atoms with Crippen LogP contribution in [0.25, 0.3) is 10.8 Å². The predicted molar refractivity (Wildman–Crippen MR) is 129 cm³/mol. The van der Waals surface area contributed by atoms with Gasteiger partial charge in [-0.3, -0.25) is 4.79 Å². The Kier molecular flexibility index (Phi) is 5.93. The maximum absolute atomic E-state index is 13.3. The fraction of sp³-hybridized carbons (Fsp3) is 0.423. The van der Waals surface area contributed by atoms with Gasteiger partial charge in [0.2, 0.25) is 5.95 Å². The minimum absolute atomic E-state index is 0.111. The van der Waals surface area contributed by atoms with Crippen molar-refractivity contribution in [3.63, 3.8) is 0 Å². The lowest BCUT2D eigenvalue weighted by molar-refractivity contribution is 0.0748. The number of hydrogen-bond acceptors (Lipinski definition) is 5. The summed E-state index contributed by atoms with van der Waals surface area (Å²) in [5, 5.41) is 5.68. The third-order valence-electron chi connectivity index (χ3n) is 6.69. The number of piperazine rings is 1. The molecular weight excluding hydrogens is 398 g/mol. The van der Waals surface area contributed by atoms with E-state index in [2.05, 4.69) is 27.3 Å². The van der Waals surface area contributed by atoms with E-state index in [9.17, 15) is 4.79 Å². The number of nitrogens with one attached hydrogen (secondary N) is 1. The normalized spacial score (nSPS) is 17.5. The van der Waals surface area contributed by atoms with Crippen LogP contribution in [0.15, 0.2) is 48.5 Å². The predicted octanol–water partition coefficient (Wildman–Crippen LogP) is 4.65. The first-order valence-electron chi connectivity index (χ1n) is 11.8. The highest BCUT2D eigenvalue weighted by molar-refractivity contribution is 6.07. The summed E-state index contributed by atoms with van der Waals surface area (Å²) >= 11 is 0. The summed E-state index contributed by atoms with van der Waals surface area (Å²) in [6.07, 6.45) is 6.29. The SMILES string of the molecule is Cc1cc(N2CCN(C(=O)c3cccc4ccccc34)CC2)nc(NC2CCCCC2)n1. The molecule has 3 aromatic rings. The molecule has 2 fully saturated rings. The van der Waals surface area contributed by atoms with E-state index in [1.165, 1.54) is 32.1 Å². The average molecular weight is 430 g/mol. The van der Waals surface area contributed by atoms with Crippen LogP contribution >= 0.6 is 0 Å². The number of hydrogen-bond donors (Lipinski definition) is 1. The van der Waals surface area contributed by atoms with Crippen molar-refractivity contribution < 1.29 is 4.79 Å². The van der Waals surface area contributed by atoms with E-state index in [4.69, 9.17) is 4.98 Å². The molecule has 1 saturated heterocycles. The van der Waals surface area contributed by atoms with Gasteiger partial charge in [-0.25, -0.2) is 4.98 Å². The summed E-state index contributed by atoms with van der Waals surface area (Å²) in [6.45, 7) is 4.95. The third kappa shape index (κ3) is 4.40. The molecular formula is C26H31N5O. The highest BCUT2D eigenvalue weighted by Gasteiger charge is 2.24. The van der Waals surface area contributed by atoms with Gasteiger partial charge in [0.15, 0.2) is 0 Å². The molecule has 32 heavy (non-hydrogen) atoms. The van der Waals surface area contributed by atoms with Crippen LogP contribution in [0.3, 0.4) is 0 Å². The third-order valence-corrected chi connectivity index (χ3v) is 6.69. The number of nitrogens with zero attached hydrogens (tertiary/aromatic N) is 4. The van der Waals surface area contributed by atoms with Crippen molar-refractivity contribution in [2.45, 2.75) is 45.1 Å². The zero-order valence-electron chi connectivity index (χ0n) is 18.8. The second kappa shape index (κ2) is 9.15. The molecule has 2 aromatic carbocycles. The van der Waals surface area contributed by atoms with Crippen molar-refractivity contribution in [2.75, 3.05) is 36.4 Å². The van der Waals surface area contributed by atoms with Crippen molar-refractivity contribution in [1.29, 1.82) is 0 Å². The van der Waals surface area contributed by atoms with E-state index in [0.717, 1.165) is 46.9 Å². The standard InChI is InChI=1S/C26H31N5O/c1-19-18-24(29-26(27-19)28-21-10-3-2-4-11-21)30-14-16-31(17-15-30)25(32)23-13-7-9-20-8-5-6-12-22(20)23/h5-9,12-13,18,21H,2-4,10-11,14-17H2,1H3,(H,27,28,29). The molecule has 2 heterocycles. The second-order valence-electron chi connectivity index (χ2n) is 8.98. The van der Waals surface area contributed by atoms with Crippen LogP contribution in [-0.2, 0) is 0 Å². The maximum atomic E-state index is 13.3. The van der Waals surface area contributed by atoms with Gasteiger partial charge in [-0.1, -0.05) is 55.7 Å². The molecule has 1 N–H and O–H groups in total. The summed E-state index contributed by atoms with van der Waals surface area (Å²) in [5.41, 5.74) is 1.76. The Balaban J connectivity index is 1.27. The van der Waals surface area contributed by atoms with Gasteiger partial charge in [-0.15, -0.1) is 0 Å². The van der Waals surface area contributed by atoms with E-state index in [1.807, 2.05) is 48.2 Å². The summed E-state index contributed by atoms with van der Waals surface area (Å²) < 4.78 is 0. The van der Waals surface area contributed by atoms with Gasteiger partial charge >= 0.3 is 0 Å². The van der Waals surface area contributed by atoms with Crippen molar-refractivity contribution in [2.24, 2.45) is 0 Å². The lowest BCUT2D eigenvalue weighted by atomic mass is 9.96. The first-order valence-corrected chi connectivity index (χ1v) is 11.8. The van der Waals surface area contributed by atoms with E-state index < -0.39 is 0 Å². The maximum Gasteiger partial charge on any atom is 0.254 e. The van der Waals surface area contributed by atoms with E-state index >= 15 is 0 Å². The van der Waals surface area contributed by atoms with Crippen LogP contribution in [0.4, 0.5) is 11.8 Å². The van der Waals surface area contributed by atoms with Crippen molar-refractivity contribution in [3.05, 3.63) is 59.8 Å². The zero-order valence-corrected chi connectivity index (χ0v) is 18.8. The van der Waals surface area contributed by atoms with Crippen LogP contribution in [0.1, 0.15) is 48.2 Å². The summed E-state index contributed by atoms with van der Waals surface area (Å²) in [6, 6.07) is 16.6. The Hall–Kier alpha value is -3.15. The van der Waals surface area contributed by atoms with Crippen LogP contribution in [-0.4, -0.2) is 53.0 Å². The van der Waals surface area contributed by atoms with Crippen LogP contribution < -0.4 is 10.2 Å². The first-order chi connectivity index (χ1) is 15.7. The fourth-order valence-electron chi connectivity index (χ4n) is 4.93. The quantitative estimate of drug-likeness (QED) is 0.654. The highest BCUT2D eigenvalue weighted by Crippen LogP contribution is 2.24. The van der Waals surface area contributed by atoms with Crippen LogP contribution in [0, 0.1) is 6.92 Å². The summed E-state index contributed by atoms with van der Waals surface area (Å²) in [4.78, 5) is 26.9. The number of carbonyl (C=O) groups excluding carboxylic acids is 1. The number of carbonyl (C=O) groups is 1. The monoisotopic (exact) mass is 429 g/mol. The van der Waals surface area contributed by atoms with Gasteiger partial charge in [0.25, 0.3) is 5.91 Å². The number of amides is 1. The van der Waals surface area contributed by atoms with Gasteiger partial charge in [0.05, 0.1) is 0 Å². The summed E-state index contributed by atoms with van der Waals surface area (Å²) in [7, 11) is 0. The highest BCUT2D eigenvalue weighted by atomic mass is 16.2. The number of aryl methyl sites for hydroxylation is 1. The van der Waals surface area contributed by atoms with Gasteiger partial charge in [-0.2, -0.15) is 4.98 Å². The molecule has 0 unspecified atom stereocenters. The molecule has 1 amide bonds.